The van der Waals surface area contributed by atoms with Gasteiger partial charge in [0.2, 0.25) is 5.91 Å². The van der Waals surface area contributed by atoms with Gasteiger partial charge in [-0.3, -0.25) is 14.5 Å². The van der Waals surface area contributed by atoms with Crippen molar-refractivity contribution in [3.8, 4) is 0 Å². The van der Waals surface area contributed by atoms with Gasteiger partial charge in [0.25, 0.3) is 0 Å². The molecule has 0 atom stereocenters. The first kappa shape index (κ1) is 16.9. The van der Waals surface area contributed by atoms with Crippen LogP contribution < -0.4 is 0 Å². The summed E-state index contributed by atoms with van der Waals surface area (Å²) in [5.41, 5.74) is 0. The zero-order chi connectivity index (χ0) is 15.0. The van der Waals surface area contributed by atoms with E-state index in [0.29, 0.717) is 45.6 Å². The lowest BCUT2D eigenvalue weighted by Crippen LogP contribution is -2.45. The number of likely N-dealkylation sites (tertiary alicyclic amines) is 1. The van der Waals surface area contributed by atoms with Crippen molar-refractivity contribution in [2.45, 2.75) is 26.7 Å². The van der Waals surface area contributed by atoms with Crippen LogP contribution in [0.5, 0.6) is 0 Å². The van der Waals surface area contributed by atoms with Crippen molar-refractivity contribution in [1.82, 2.24) is 9.80 Å². The van der Waals surface area contributed by atoms with Gasteiger partial charge in [0.1, 0.15) is 0 Å². The molecule has 0 aromatic rings. The first-order valence-corrected chi connectivity index (χ1v) is 7.39. The van der Waals surface area contributed by atoms with Gasteiger partial charge in [0, 0.05) is 19.6 Å². The van der Waals surface area contributed by atoms with Gasteiger partial charge in [-0.25, -0.2) is 0 Å². The topological polar surface area (TPSA) is 70.1 Å². The number of esters is 1. The molecule has 0 radical (unpaired) electrons. The lowest BCUT2D eigenvalue weighted by atomic mass is 9.97. The maximum atomic E-state index is 12.1. The van der Waals surface area contributed by atoms with Gasteiger partial charge in [0.05, 0.1) is 25.7 Å². The Balaban J connectivity index is 2.36. The standard InChI is InChI=1S/C14H26N2O4/c1-3-15(9-10-17)11-13(18)16-7-5-12(6-8-16)14(19)20-4-2/h12,17H,3-11H2,1-2H3. The Labute approximate surface area is 120 Å². The van der Waals surface area contributed by atoms with Gasteiger partial charge < -0.3 is 14.7 Å². The number of ether oxygens (including phenoxy) is 1. The number of nitrogens with zero attached hydrogens (tertiary/aromatic N) is 2. The Bertz CT molecular complexity index is 314. The molecule has 1 aliphatic rings. The smallest absolute Gasteiger partial charge is 0.309 e. The molecule has 1 fully saturated rings. The highest BCUT2D eigenvalue weighted by Gasteiger charge is 2.28. The van der Waals surface area contributed by atoms with Crippen molar-refractivity contribution < 1.29 is 19.4 Å². The molecule has 1 N–H and O–H groups in total. The molecule has 0 bridgehead atoms. The summed E-state index contributed by atoms with van der Waals surface area (Å²) < 4.78 is 5.01. The van der Waals surface area contributed by atoms with Gasteiger partial charge in [-0.05, 0) is 26.3 Å². The van der Waals surface area contributed by atoms with E-state index in [4.69, 9.17) is 9.84 Å². The number of hydrogen-bond acceptors (Lipinski definition) is 5. The van der Waals surface area contributed by atoms with Gasteiger partial charge in [0.15, 0.2) is 0 Å². The molecule has 1 amide bonds. The quantitative estimate of drug-likeness (QED) is 0.672. The molecule has 6 nitrogen and oxygen atoms in total. The zero-order valence-corrected chi connectivity index (χ0v) is 12.5. The second-order valence-electron chi connectivity index (χ2n) is 5.00. The molecule has 0 aliphatic carbocycles. The van der Waals surface area contributed by atoms with Crippen molar-refractivity contribution >= 4 is 11.9 Å². The lowest BCUT2D eigenvalue weighted by Gasteiger charge is -2.32. The van der Waals surface area contributed by atoms with Crippen molar-refractivity contribution in [2.24, 2.45) is 5.92 Å². The third-order valence-corrected chi connectivity index (χ3v) is 3.69. The minimum absolute atomic E-state index is 0.0616. The highest BCUT2D eigenvalue weighted by Crippen LogP contribution is 2.18. The number of aliphatic hydroxyl groups excluding tert-OH is 1. The van der Waals surface area contributed by atoms with Crippen LogP contribution in [0.2, 0.25) is 0 Å². The number of rotatable bonds is 7. The minimum Gasteiger partial charge on any atom is -0.466 e. The molecule has 0 aromatic carbocycles. The average Bonchev–Trinajstić information content (AvgIpc) is 2.47. The fourth-order valence-electron chi connectivity index (χ4n) is 2.41. The summed E-state index contributed by atoms with van der Waals surface area (Å²) in [5, 5.41) is 8.92. The molecule has 1 aliphatic heterocycles. The molecule has 0 unspecified atom stereocenters. The van der Waals surface area contributed by atoms with Gasteiger partial charge in [-0.15, -0.1) is 0 Å². The molecular weight excluding hydrogens is 260 g/mol. The summed E-state index contributed by atoms with van der Waals surface area (Å²) in [6, 6.07) is 0. The van der Waals surface area contributed by atoms with Gasteiger partial charge >= 0.3 is 5.97 Å². The second kappa shape index (κ2) is 8.92. The van der Waals surface area contributed by atoms with E-state index in [2.05, 4.69) is 0 Å². The summed E-state index contributed by atoms with van der Waals surface area (Å²) in [5.74, 6) is -0.142. The molecule has 0 saturated carbocycles. The van der Waals surface area contributed by atoms with E-state index >= 15 is 0 Å². The molecule has 1 heterocycles. The van der Waals surface area contributed by atoms with E-state index in [1.54, 1.807) is 11.8 Å². The van der Waals surface area contributed by atoms with Crippen LogP contribution in [0.1, 0.15) is 26.7 Å². The second-order valence-corrected chi connectivity index (χ2v) is 5.00. The van der Waals surface area contributed by atoms with E-state index in [1.807, 2.05) is 11.8 Å². The maximum absolute atomic E-state index is 12.1. The van der Waals surface area contributed by atoms with Crippen LogP contribution in [0.25, 0.3) is 0 Å². The highest BCUT2D eigenvalue weighted by atomic mass is 16.5. The number of amides is 1. The largest absolute Gasteiger partial charge is 0.466 e. The lowest BCUT2D eigenvalue weighted by molar-refractivity contribution is -0.151. The number of carbonyl (C=O) groups excluding carboxylic acids is 2. The fourth-order valence-corrected chi connectivity index (χ4v) is 2.41. The third-order valence-electron chi connectivity index (χ3n) is 3.69. The Morgan fingerprint density at radius 1 is 1.30 bits per heavy atom. The number of likely N-dealkylation sites (N-methyl/N-ethyl adjacent to an activating group) is 1. The summed E-state index contributed by atoms with van der Waals surface area (Å²) in [4.78, 5) is 27.5. The van der Waals surface area contributed by atoms with Crippen LogP contribution in [0.15, 0.2) is 0 Å². The number of piperidine rings is 1. The summed E-state index contributed by atoms with van der Waals surface area (Å²) in [6.07, 6.45) is 1.35. The SMILES string of the molecule is CCOC(=O)C1CCN(C(=O)CN(CC)CCO)CC1. The van der Waals surface area contributed by atoms with Crippen LogP contribution in [-0.4, -0.2) is 72.7 Å². The van der Waals surface area contributed by atoms with Crippen molar-refractivity contribution in [2.75, 3.05) is 45.9 Å². The Hall–Kier alpha value is -1.14. The van der Waals surface area contributed by atoms with E-state index < -0.39 is 0 Å². The van der Waals surface area contributed by atoms with Crippen LogP contribution in [0.4, 0.5) is 0 Å². The Morgan fingerprint density at radius 3 is 2.45 bits per heavy atom. The maximum Gasteiger partial charge on any atom is 0.309 e. The predicted molar refractivity (Wildman–Crippen MR) is 75.1 cm³/mol. The fraction of sp³-hybridized carbons (Fsp3) is 0.857. The number of aliphatic hydroxyl groups is 1. The number of carbonyl (C=O) groups is 2. The summed E-state index contributed by atoms with van der Waals surface area (Å²) in [6.45, 7) is 7.05. The average molecular weight is 286 g/mol. The first-order valence-electron chi connectivity index (χ1n) is 7.39. The van der Waals surface area contributed by atoms with Crippen LogP contribution >= 0.6 is 0 Å². The summed E-state index contributed by atoms with van der Waals surface area (Å²) >= 11 is 0. The Morgan fingerprint density at radius 2 is 1.95 bits per heavy atom. The molecule has 20 heavy (non-hydrogen) atoms. The van der Waals surface area contributed by atoms with E-state index in [9.17, 15) is 9.59 Å². The molecule has 6 heteroatoms. The molecule has 116 valence electrons. The molecule has 0 spiro atoms. The van der Waals surface area contributed by atoms with Crippen LogP contribution in [0.3, 0.4) is 0 Å². The van der Waals surface area contributed by atoms with E-state index in [-0.39, 0.29) is 24.4 Å². The number of hydrogen-bond donors (Lipinski definition) is 1. The van der Waals surface area contributed by atoms with Crippen molar-refractivity contribution in [1.29, 1.82) is 0 Å². The molecule has 1 saturated heterocycles. The van der Waals surface area contributed by atoms with Gasteiger partial charge in [-0.2, -0.15) is 0 Å². The molecule has 0 aromatic heterocycles. The third kappa shape index (κ3) is 5.09. The first-order chi connectivity index (χ1) is 9.62. The summed E-state index contributed by atoms with van der Waals surface area (Å²) in [7, 11) is 0. The monoisotopic (exact) mass is 286 g/mol. The Kier molecular flexibility index (Phi) is 7.54. The highest BCUT2D eigenvalue weighted by molar-refractivity contribution is 5.79. The predicted octanol–water partition coefficient (Wildman–Crippen LogP) is 0.102. The van der Waals surface area contributed by atoms with E-state index in [1.165, 1.54) is 0 Å². The normalized spacial score (nSPS) is 16.5. The van der Waals surface area contributed by atoms with Crippen LogP contribution in [-0.2, 0) is 14.3 Å². The minimum atomic E-state index is -0.143. The molecule has 1 rings (SSSR count). The van der Waals surface area contributed by atoms with Crippen molar-refractivity contribution in [3.05, 3.63) is 0 Å². The van der Waals surface area contributed by atoms with E-state index in [0.717, 1.165) is 6.54 Å². The van der Waals surface area contributed by atoms with Gasteiger partial charge in [-0.1, -0.05) is 6.92 Å². The zero-order valence-electron chi connectivity index (χ0n) is 12.5. The molecular formula is C14H26N2O4. The van der Waals surface area contributed by atoms with Crippen molar-refractivity contribution in [3.63, 3.8) is 0 Å². The van der Waals surface area contributed by atoms with Crippen LogP contribution in [0, 0.1) is 5.92 Å².